The minimum Gasteiger partial charge on any atom is -0.366 e. The van der Waals surface area contributed by atoms with E-state index >= 15 is 0 Å². The highest BCUT2D eigenvalue weighted by Gasteiger charge is 2.29. The standard InChI is InChI=1S/C12H16BrN3O3S/c1-8-7-16(3-2-15-8)20(18,19)11-5-9(12(14)17)4-10(13)6-11/h4-6,8,15H,2-3,7H2,1H3,(H2,14,17). The van der Waals surface area contributed by atoms with Crippen molar-refractivity contribution >= 4 is 31.9 Å². The van der Waals surface area contributed by atoms with Crippen LogP contribution in [0.5, 0.6) is 0 Å². The number of hydrogen-bond donors (Lipinski definition) is 2. The Labute approximate surface area is 126 Å². The zero-order chi connectivity index (χ0) is 14.9. The molecule has 1 fully saturated rings. The third-order valence-corrected chi connectivity index (χ3v) is 5.43. The maximum Gasteiger partial charge on any atom is 0.248 e. The molecule has 0 saturated carbocycles. The summed E-state index contributed by atoms with van der Waals surface area (Å²) in [5, 5.41) is 3.19. The van der Waals surface area contributed by atoms with Gasteiger partial charge in [-0.3, -0.25) is 4.79 Å². The van der Waals surface area contributed by atoms with E-state index in [0.717, 1.165) is 0 Å². The average molecular weight is 362 g/mol. The molecule has 1 aliphatic rings. The van der Waals surface area contributed by atoms with Crippen LogP contribution in [0.2, 0.25) is 0 Å². The summed E-state index contributed by atoms with van der Waals surface area (Å²) in [5.41, 5.74) is 5.38. The third kappa shape index (κ3) is 3.20. The number of hydrogen-bond acceptors (Lipinski definition) is 4. The molecule has 0 radical (unpaired) electrons. The molecule has 0 aliphatic carbocycles. The van der Waals surface area contributed by atoms with Crippen LogP contribution in [0, 0.1) is 0 Å². The Morgan fingerprint density at radius 3 is 2.75 bits per heavy atom. The molecule has 1 aromatic carbocycles. The lowest BCUT2D eigenvalue weighted by Gasteiger charge is -2.31. The monoisotopic (exact) mass is 361 g/mol. The minimum absolute atomic E-state index is 0.0785. The highest BCUT2D eigenvalue weighted by atomic mass is 79.9. The van der Waals surface area contributed by atoms with E-state index in [9.17, 15) is 13.2 Å². The van der Waals surface area contributed by atoms with Gasteiger partial charge in [0, 0.05) is 35.7 Å². The Bertz CT molecular complexity index is 633. The Hall–Kier alpha value is -0.960. The van der Waals surface area contributed by atoms with Gasteiger partial charge < -0.3 is 11.1 Å². The first kappa shape index (κ1) is 15.4. The zero-order valence-electron chi connectivity index (χ0n) is 11.0. The number of rotatable bonds is 3. The van der Waals surface area contributed by atoms with Crippen LogP contribution in [0.15, 0.2) is 27.6 Å². The van der Waals surface area contributed by atoms with Crippen molar-refractivity contribution in [1.29, 1.82) is 0 Å². The summed E-state index contributed by atoms with van der Waals surface area (Å²) in [5.74, 6) is -0.656. The largest absolute Gasteiger partial charge is 0.366 e. The van der Waals surface area contributed by atoms with Crippen LogP contribution >= 0.6 is 15.9 Å². The van der Waals surface area contributed by atoms with Gasteiger partial charge in [0.05, 0.1) is 4.90 Å². The second-order valence-electron chi connectivity index (χ2n) is 4.76. The number of sulfonamides is 1. The van der Waals surface area contributed by atoms with Crippen LogP contribution in [-0.2, 0) is 10.0 Å². The third-order valence-electron chi connectivity index (χ3n) is 3.13. The number of nitrogens with two attached hydrogens (primary N) is 1. The smallest absolute Gasteiger partial charge is 0.248 e. The predicted octanol–water partition coefficient (Wildman–Crippen LogP) is 0.530. The van der Waals surface area contributed by atoms with E-state index in [-0.39, 0.29) is 16.5 Å². The molecule has 20 heavy (non-hydrogen) atoms. The predicted molar refractivity (Wildman–Crippen MR) is 78.9 cm³/mol. The van der Waals surface area contributed by atoms with Gasteiger partial charge in [-0.05, 0) is 25.1 Å². The molecule has 0 spiro atoms. The van der Waals surface area contributed by atoms with E-state index < -0.39 is 15.9 Å². The van der Waals surface area contributed by atoms with Gasteiger partial charge in [0.15, 0.2) is 0 Å². The molecule has 1 unspecified atom stereocenters. The van der Waals surface area contributed by atoms with Gasteiger partial charge in [0.2, 0.25) is 15.9 Å². The zero-order valence-corrected chi connectivity index (χ0v) is 13.4. The van der Waals surface area contributed by atoms with Crippen LogP contribution in [-0.4, -0.2) is 44.3 Å². The molecule has 1 aromatic rings. The van der Waals surface area contributed by atoms with E-state index in [1.165, 1.54) is 22.5 Å². The van der Waals surface area contributed by atoms with Gasteiger partial charge in [-0.15, -0.1) is 0 Å². The Morgan fingerprint density at radius 1 is 1.45 bits per heavy atom. The van der Waals surface area contributed by atoms with Crippen molar-refractivity contribution in [3.63, 3.8) is 0 Å². The number of nitrogens with zero attached hydrogens (tertiary/aromatic N) is 1. The summed E-state index contributed by atoms with van der Waals surface area (Å²) in [7, 11) is -3.62. The van der Waals surface area contributed by atoms with Gasteiger partial charge in [0.25, 0.3) is 0 Å². The first-order valence-electron chi connectivity index (χ1n) is 6.14. The van der Waals surface area contributed by atoms with Gasteiger partial charge in [-0.25, -0.2) is 8.42 Å². The van der Waals surface area contributed by atoms with E-state index in [4.69, 9.17) is 5.73 Å². The van der Waals surface area contributed by atoms with Crippen molar-refractivity contribution in [2.75, 3.05) is 19.6 Å². The highest BCUT2D eigenvalue weighted by molar-refractivity contribution is 9.10. The number of carbonyl (C=O) groups excluding carboxylic acids is 1. The second kappa shape index (κ2) is 5.80. The molecular formula is C12H16BrN3O3S. The lowest BCUT2D eigenvalue weighted by molar-refractivity contribution is 0.1000. The first-order valence-corrected chi connectivity index (χ1v) is 8.38. The lowest BCUT2D eigenvalue weighted by atomic mass is 10.2. The minimum atomic E-state index is -3.62. The topological polar surface area (TPSA) is 92.5 Å². The summed E-state index contributed by atoms with van der Waals surface area (Å²) in [4.78, 5) is 11.3. The fourth-order valence-electron chi connectivity index (χ4n) is 2.12. The Kier molecular flexibility index (Phi) is 4.48. The normalized spacial score (nSPS) is 20.8. The summed E-state index contributed by atoms with van der Waals surface area (Å²) >= 11 is 3.21. The quantitative estimate of drug-likeness (QED) is 0.821. The van der Waals surface area contributed by atoms with Gasteiger partial charge in [-0.2, -0.15) is 4.31 Å². The number of amides is 1. The molecular weight excluding hydrogens is 346 g/mol. The highest BCUT2D eigenvalue weighted by Crippen LogP contribution is 2.23. The van der Waals surface area contributed by atoms with E-state index in [2.05, 4.69) is 21.2 Å². The van der Waals surface area contributed by atoms with Gasteiger partial charge >= 0.3 is 0 Å². The molecule has 2 rings (SSSR count). The molecule has 1 amide bonds. The molecule has 1 saturated heterocycles. The van der Waals surface area contributed by atoms with Crippen LogP contribution in [0.3, 0.4) is 0 Å². The van der Waals surface area contributed by atoms with E-state index in [1.807, 2.05) is 6.92 Å². The molecule has 0 aromatic heterocycles. The van der Waals surface area contributed by atoms with Crippen LogP contribution in [0.25, 0.3) is 0 Å². The summed E-state index contributed by atoms with van der Waals surface area (Å²) in [6, 6.07) is 4.40. The molecule has 1 heterocycles. The van der Waals surface area contributed by atoms with Gasteiger partial charge in [-0.1, -0.05) is 15.9 Å². The van der Waals surface area contributed by atoms with Crippen LogP contribution in [0.4, 0.5) is 0 Å². The van der Waals surface area contributed by atoms with Gasteiger partial charge in [0.1, 0.15) is 0 Å². The number of halogens is 1. The lowest BCUT2D eigenvalue weighted by Crippen LogP contribution is -2.51. The van der Waals surface area contributed by atoms with Crippen LogP contribution in [0.1, 0.15) is 17.3 Å². The first-order chi connectivity index (χ1) is 9.30. The average Bonchev–Trinajstić information content (AvgIpc) is 2.38. The van der Waals surface area contributed by atoms with E-state index in [0.29, 0.717) is 24.1 Å². The molecule has 6 nitrogen and oxygen atoms in total. The van der Waals surface area contributed by atoms with Crippen molar-refractivity contribution in [3.05, 3.63) is 28.2 Å². The number of nitrogens with one attached hydrogen (secondary N) is 1. The summed E-state index contributed by atoms with van der Waals surface area (Å²) in [6.45, 7) is 3.35. The summed E-state index contributed by atoms with van der Waals surface area (Å²) < 4.78 is 27.1. The molecule has 3 N–H and O–H groups in total. The second-order valence-corrected chi connectivity index (χ2v) is 7.61. The number of piperazine rings is 1. The summed E-state index contributed by atoms with van der Waals surface area (Å²) in [6.07, 6.45) is 0. The molecule has 1 atom stereocenters. The van der Waals surface area contributed by atoms with E-state index in [1.54, 1.807) is 0 Å². The fourth-order valence-corrected chi connectivity index (χ4v) is 4.36. The number of carbonyl (C=O) groups is 1. The van der Waals surface area contributed by atoms with Crippen molar-refractivity contribution in [2.24, 2.45) is 5.73 Å². The molecule has 1 aliphatic heterocycles. The number of primary amides is 1. The molecule has 0 bridgehead atoms. The number of benzene rings is 1. The van der Waals surface area contributed by atoms with Crippen LogP contribution < -0.4 is 11.1 Å². The van der Waals surface area contributed by atoms with Crippen molar-refractivity contribution in [1.82, 2.24) is 9.62 Å². The van der Waals surface area contributed by atoms with Crippen molar-refractivity contribution in [2.45, 2.75) is 17.9 Å². The van der Waals surface area contributed by atoms with Crippen molar-refractivity contribution in [3.8, 4) is 0 Å². The Balaban J connectivity index is 2.41. The molecule has 110 valence electrons. The maximum absolute atomic E-state index is 12.6. The fraction of sp³-hybridized carbons (Fsp3) is 0.417. The SMILES string of the molecule is CC1CN(S(=O)(=O)c2cc(Br)cc(C(N)=O)c2)CCN1. The molecule has 8 heteroatoms. The maximum atomic E-state index is 12.6. The van der Waals surface area contributed by atoms with Crippen molar-refractivity contribution < 1.29 is 13.2 Å². The Morgan fingerprint density at radius 2 is 2.15 bits per heavy atom.